The molecule has 7 heteroatoms. The van der Waals surface area contributed by atoms with Gasteiger partial charge in [-0.05, 0) is 75.1 Å². The van der Waals surface area contributed by atoms with Gasteiger partial charge in [-0.25, -0.2) is 8.42 Å². The van der Waals surface area contributed by atoms with E-state index in [-0.39, 0.29) is 23.5 Å². The first-order chi connectivity index (χ1) is 14.7. The molecule has 168 valence electrons. The maximum absolute atomic E-state index is 13.4. The van der Waals surface area contributed by atoms with E-state index >= 15 is 0 Å². The molecule has 31 heavy (non-hydrogen) atoms. The van der Waals surface area contributed by atoms with Crippen molar-refractivity contribution in [2.75, 3.05) is 18.1 Å². The Kier molecular flexibility index (Phi) is 7.26. The van der Waals surface area contributed by atoms with Crippen molar-refractivity contribution in [3.05, 3.63) is 59.2 Å². The average Bonchev–Trinajstić information content (AvgIpc) is 3.05. The van der Waals surface area contributed by atoms with Crippen LogP contribution in [0.3, 0.4) is 0 Å². The van der Waals surface area contributed by atoms with Crippen molar-refractivity contribution in [2.45, 2.75) is 52.8 Å². The summed E-state index contributed by atoms with van der Waals surface area (Å²) in [5.41, 5.74) is 3.03. The van der Waals surface area contributed by atoms with Gasteiger partial charge in [0.1, 0.15) is 11.5 Å². The lowest BCUT2D eigenvalue weighted by atomic mass is 10.1. The Hall–Kier alpha value is -2.54. The Bertz CT molecular complexity index is 997. The van der Waals surface area contributed by atoms with Gasteiger partial charge < -0.3 is 14.4 Å². The predicted octanol–water partition coefficient (Wildman–Crippen LogP) is 3.69. The van der Waals surface area contributed by atoms with Gasteiger partial charge in [-0.3, -0.25) is 4.79 Å². The molecule has 0 aromatic heterocycles. The summed E-state index contributed by atoms with van der Waals surface area (Å²) in [6.07, 6.45) is -0.284. The van der Waals surface area contributed by atoms with E-state index in [2.05, 4.69) is 0 Å². The van der Waals surface area contributed by atoms with Crippen LogP contribution in [0, 0.1) is 13.8 Å². The Labute approximate surface area is 185 Å². The minimum absolute atomic E-state index is 0.00789. The van der Waals surface area contributed by atoms with Crippen LogP contribution >= 0.6 is 0 Å². The molecule has 6 nitrogen and oxygen atoms in total. The summed E-state index contributed by atoms with van der Waals surface area (Å²) < 4.78 is 35.6. The Morgan fingerprint density at radius 1 is 1.10 bits per heavy atom. The molecule has 2 atom stereocenters. The largest absolute Gasteiger partial charge is 0.494 e. The molecule has 2 aromatic rings. The maximum Gasteiger partial charge on any atom is 0.263 e. The van der Waals surface area contributed by atoms with Gasteiger partial charge in [0, 0.05) is 12.6 Å². The van der Waals surface area contributed by atoms with E-state index in [1.807, 2.05) is 63.2 Å². The van der Waals surface area contributed by atoms with E-state index in [4.69, 9.17) is 9.47 Å². The number of sulfone groups is 1. The van der Waals surface area contributed by atoms with Gasteiger partial charge in [-0.2, -0.15) is 0 Å². The second-order valence-corrected chi connectivity index (χ2v) is 10.4. The molecule has 0 N–H and O–H groups in total. The predicted molar refractivity (Wildman–Crippen MR) is 121 cm³/mol. The number of hydrogen-bond acceptors (Lipinski definition) is 5. The molecule has 0 radical (unpaired) electrons. The molecule has 0 spiro atoms. The molecule has 2 aromatic carbocycles. The summed E-state index contributed by atoms with van der Waals surface area (Å²) in [6, 6.07) is 13.0. The van der Waals surface area contributed by atoms with Crippen molar-refractivity contribution in [3.8, 4) is 11.5 Å². The van der Waals surface area contributed by atoms with Gasteiger partial charge >= 0.3 is 0 Å². The van der Waals surface area contributed by atoms with Crippen molar-refractivity contribution in [3.63, 3.8) is 0 Å². The molecule has 3 rings (SSSR count). The molecule has 2 unspecified atom stereocenters. The van der Waals surface area contributed by atoms with Crippen LogP contribution in [0.5, 0.6) is 11.5 Å². The number of carbonyl (C=O) groups is 1. The zero-order valence-electron chi connectivity index (χ0n) is 18.6. The van der Waals surface area contributed by atoms with Crippen LogP contribution in [0.1, 0.15) is 37.0 Å². The smallest absolute Gasteiger partial charge is 0.263 e. The Balaban J connectivity index is 1.80. The van der Waals surface area contributed by atoms with Crippen LogP contribution in [0.15, 0.2) is 42.5 Å². The molecule has 1 amide bonds. The van der Waals surface area contributed by atoms with E-state index in [0.29, 0.717) is 25.3 Å². The van der Waals surface area contributed by atoms with Gasteiger partial charge in [-0.1, -0.05) is 18.2 Å². The summed E-state index contributed by atoms with van der Waals surface area (Å²) in [5.74, 6) is 1.29. The van der Waals surface area contributed by atoms with Crippen molar-refractivity contribution < 1.29 is 22.7 Å². The first-order valence-corrected chi connectivity index (χ1v) is 12.5. The van der Waals surface area contributed by atoms with Gasteiger partial charge in [0.25, 0.3) is 5.91 Å². The van der Waals surface area contributed by atoms with Gasteiger partial charge in [0.15, 0.2) is 15.9 Å². The van der Waals surface area contributed by atoms with Crippen molar-refractivity contribution in [1.29, 1.82) is 0 Å². The number of ether oxygens (including phenoxy) is 2. The highest BCUT2D eigenvalue weighted by Gasteiger charge is 2.36. The van der Waals surface area contributed by atoms with Crippen LogP contribution in [0.2, 0.25) is 0 Å². The van der Waals surface area contributed by atoms with Crippen molar-refractivity contribution in [1.82, 2.24) is 4.90 Å². The van der Waals surface area contributed by atoms with E-state index < -0.39 is 15.9 Å². The highest BCUT2D eigenvalue weighted by atomic mass is 32.2. The number of hydrogen-bond donors (Lipinski definition) is 0. The second-order valence-electron chi connectivity index (χ2n) is 8.18. The summed E-state index contributed by atoms with van der Waals surface area (Å²) in [4.78, 5) is 15.0. The molecule has 0 aliphatic carbocycles. The number of amides is 1. The van der Waals surface area contributed by atoms with Crippen LogP contribution in [0.25, 0.3) is 0 Å². The third-order valence-electron chi connectivity index (χ3n) is 5.38. The molecule has 1 aliphatic rings. The van der Waals surface area contributed by atoms with Crippen LogP contribution in [-0.4, -0.2) is 49.5 Å². The standard InChI is InChI=1S/C24H31NO5S/c1-5-29-22-8-6-20(7-9-22)15-25(21-10-11-31(27,28)16-21)24(26)19(4)30-23-13-17(2)12-18(3)14-23/h6-9,12-14,19,21H,5,10-11,15-16H2,1-4H3. The van der Waals surface area contributed by atoms with E-state index in [0.717, 1.165) is 22.4 Å². The minimum atomic E-state index is -3.13. The van der Waals surface area contributed by atoms with Gasteiger partial charge in [-0.15, -0.1) is 0 Å². The first kappa shape index (κ1) is 23.1. The fraction of sp³-hybridized carbons (Fsp3) is 0.458. The lowest BCUT2D eigenvalue weighted by Crippen LogP contribution is -2.46. The lowest BCUT2D eigenvalue weighted by molar-refractivity contribution is -0.140. The van der Waals surface area contributed by atoms with E-state index in [9.17, 15) is 13.2 Å². The minimum Gasteiger partial charge on any atom is -0.494 e. The molecule has 1 aliphatic heterocycles. The van der Waals surface area contributed by atoms with Gasteiger partial charge in [0.05, 0.1) is 18.1 Å². The van der Waals surface area contributed by atoms with E-state index in [1.54, 1.807) is 11.8 Å². The third-order valence-corrected chi connectivity index (χ3v) is 7.13. The molecule has 1 saturated heterocycles. The number of benzene rings is 2. The monoisotopic (exact) mass is 445 g/mol. The average molecular weight is 446 g/mol. The molecule has 0 saturated carbocycles. The lowest BCUT2D eigenvalue weighted by Gasteiger charge is -2.31. The quantitative estimate of drug-likeness (QED) is 0.620. The van der Waals surface area contributed by atoms with E-state index in [1.165, 1.54) is 0 Å². The number of nitrogens with zero attached hydrogens (tertiary/aromatic N) is 1. The molecule has 1 heterocycles. The first-order valence-electron chi connectivity index (χ1n) is 10.6. The Morgan fingerprint density at radius 3 is 2.29 bits per heavy atom. The second kappa shape index (κ2) is 9.73. The fourth-order valence-electron chi connectivity index (χ4n) is 3.95. The summed E-state index contributed by atoms with van der Waals surface area (Å²) in [5, 5.41) is 0. The zero-order valence-corrected chi connectivity index (χ0v) is 19.4. The van der Waals surface area contributed by atoms with Crippen molar-refractivity contribution in [2.24, 2.45) is 0 Å². The SMILES string of the molecule is CCOc1ccc(CN(C(=O)C(C)Oc2cc(C)cc(C)c2)C2CCS(=O)(=O)C2)cc1. The Morgan fingerprint density at radius 2 is 1.74 bits per heavy atom. The summed E-state index contributed by atoms with van der Waals surface area (Å²) in [7, 11) is -3.13. The third kappa shape index (κ3) is 6.23. The van der Waals surface area contributed by atoms with Crippen LogP contribution in [-0.2, 0) is 21.2 Å². The molecular weight excluding hydrogens is 414 g/mol. The number of rotatable bonds is 8. The highest BCUT2D eigenvalue weighted by Crippen LogP contribution is 2.24. The van der Waals surface area contributed by atoms with Crippen LogP contribution < -0.4 is 9.47 Å². The maximum atomic E-state index is 13.4. The van der Waals surface area contributed by atoms with Crippen LogP contribution in [0.4, 0.5) is 0 Å². The van der Waals surface area contributed by atoms with Crippen molar-refractivity contribution >= 4 is 15.7 Å². The number of aryl methyl sites for hydroxylation is 2. The molecular formula is C24H31NO5S. The zero-order chi connectivity index (χ0) is 22.6. The highest BCUT2D eigenvalue weighted by molar-refractivity contribution is 7.91. The van der Waals surface area contributed by atoms with Gasteiger partial charge in [0.2, 0.25) is 0 Å². The number of carbonyl (C=O) groups excluding carboxylic acids is 1. The molecule has 0 bridgehead atoms. The fourth-order valence-corrected chi connectivity index (χ4v) is 5.68. The summed E-state index contributed by atoms with van der Waals surface area (Å²) in [6.45, 7) is 8.51. The normalized spacial score (nSPS) is 18.4. The molecule has 1 fully saturated rings. The topological polar surface area (TPSA) is 72.9 Å². The summed E-state index contributed by atoms with van der Waals surface area (Å²) >= 11 is 0.